The van der Waals surface area contributed by atoms with Gasteiger partial charge in [0.1, 0.15) is 29.4 Å². The Bertz CT molecular complexity index is 1630. The molecule has 224 valence electrons. The summed E-state index contributed by atoms with van der Waals surface area (Å²) in [4.78, 5) is 44.7. The van der Waals surface area contributed by atoms with E-state index >= 15 is 0 Å². The summed E-state index contributed by atoms with van der Waals surface area (Å²) in [5, 5.41) is 5.47. The van der Waals surface area contributed by atoms with Gasteiger partial charge in [0.25, 0.3) is 0 Å². The van der Waals surface area contributed by atoms with E-state index in [-0.39, 0.29) is 17.9 Å². The largest absolute Gasteiger partial charge is 0.403 e. The lowest BCUT2D eigenvalue weighted by Gasteiger charge is -2.45. The molecule has 3 amide bonds. The number of amides is 3. The minimum Gasteiger partial charge on any atom is -0.326 e. The molecule has 1 spiro atoms. The highest BCUT2D eigenvalue weighted by molar-refractivity contribution is 6.06. The summed E-state index contributed by atoms with van der Waals surface area (Å²) in [6.07, 6.45) is -3.16. The molecule has 2 N–H and O–H groups in total. The molecular formula is C31H27F5N4O3. The van der Waals surface area contributed by atoms with Gasteiger partial charge < -0.3 is 15.5 Å². The SMILES string of the molecule is C[C@H](c1cc(F)cc(F)c1)N(CC(=O)Nc1ccc2c(c1)C[C@@]1(C2)C(=O)Nc2ncccc21)C(=O)C1(C(F)(F)F)CCC1. The number of rotatable bonds is 6. The fraction of sp³-hybridized carbons (Fsp3) is 0.355. The molecule has 0 radical (unpaired) electrons. The molecule has 6 rings (SSSR count). The predicted molar refractivity (Wildman–Crippen MR) is 146 cm³/mol. The third-order valence-electron chi connectivity index (χ3n) is 9.03. The molecule has 1 aliphatic heterocycles. The summed E-state index contributed by atoms with van der Waals surface area (Å²) < 4.78 is 70.3. The average Bonchev–Trinajstić information content (AvgIpc) is 3.41. The van der Waals surface area contributed by atoms with E-state index in [4.69, 9.17) is 0 Å². The van der Waals surface area contributed by atoms with Crippen LogP contribution in [0.4, 0.5) is 33.5 Å². The van der Waals surface area contributed by atoms with Crippen molar-refractivity contribution in [2.45, 2.75) is 56.7 Å². The molecule has 0 bridgehead atoms. The smallest absolute Gasteiger partial charge is 0.326 e. The van der Waals surface area contributed by atoms with Gasteiger partial charge in [0.2, 0.25) is 17.7 Å². The van der Waals surface area contributed by atoms with E-state index in [0.29, 0.717) is 30.4 Å². The van der Waals surface area contributed by atoms with Crippen molar-refractivity contribution in [2.24, 2.45) is 5.41 Å². The van der Waals surface area contributed by atoms with E-state index in [1.54, 1.807) is 30.5 Å². The van der Waals surface area contributed by atoms with Gasteiger partial charge in [-0.25, -0.2) is 13.8 Å². The zero-order valence-corrected chi connectivity index (χ0v) is 23.0. The third kappa shape index (κ3) is 4.72. The Kier molecular flexibility index (Phi) is 6.78. The van der Waals surface area contributed by atoms with Crippen molar-refractivity contribution >= 4 is 29.2 Å². The Morgan fingerprint density at radius 2 is 1.74 bits per heavy atom. The van der Waals surface area contributed by atoms with Crippen molar-refractivity contribution < 1.29 is 36.3 Å². The van der Waals surface area contributed by atoms with Gasteiger partial charge >= 0.3 is 6.18 Å². The molecule has 3 aromatic rings. The van der Waals surface area contributed by atoms with Crippen LogP contribution in [0.25, 0.3) is 0 Å². The van der Waals surface area contributed by atoms with E-state index < -0.39 is 65.9 Å². The first-order valence-corrected chi connectivity index (χ1v) is 13.9. The summed E-state index contributed by atoms with van der Waals surface area (Å²) in [6, 6.07) is 9.92. The van der Waals surface area contributed by atoms with Gasteiger partial charge in [-0.2, -0.15) is 13.2 Å². The lowest BCUT2D eigenvalue weighted by atomic mass is 9.67. The molecule has 1 aromatic heterocycles. The van der Waals surface area contributed by atoms with Gasteiger partial charge in [0, 0.05) is 23.5 Å². The average molecular weight is 599 g/mol. The molecule has 0 saturated heterocycles. The molecule has 3 aliphatic rings. The third-order valence-corrected chi connectivity index (χ3v) is 9.03. The van der Waals surface area contributed by atoms with Crippen LogP contribution in [0.5, 0.6) is 0 Å². The number of aromatic nitrogens is 1. The number of alkyl halides is 3. The van der Waals surface area contributed by atoms with Crippen LogP contribution in [0, 0.1) is 17.0 Å². The van der Waals surface area contributed by atoms with Crippen LogP contribution in [-0.4, -0.2) is 40.3 Å². The van der Waals surface area contributed by atoms with Crippen molar-refractivity contribution in [1.29, 1.82) is 0 Å². The van der Waals surface area contributed by atoms with E-state index in [0.717, 1.165) is 33.7 Å². The Hall–Kier alpha value is -4.35. The highest BCUT2D eigenvalue weighted by Crippen LogP contribution is 2.55. The molecule has 12 heteroatoms. The van der Waals surface area contributed by atoms with Crippen LogP contribution < -0.4 is 10.6 Å². The first-order valence-electron chi connectivity index (χ1n) is 13.9. The van der Waals surface area contributed by atoms with E-state index in [9.17, 15) is 36.3 Å². The molecule has 43 heavy (non-hydrogen) atoms. The first kappa shape index (κ1) is 28.8. The van der Waals surface area contributed by atoms with Crippen molar-refractivity contribution in [3.63, 3.8) is 0 Å². The van der Waals surface area contributed by atoms with Gasteiger partial charge in [0.15, 0.2) is 0 Å². The maximum absolute atomic E-state index is 14.1. The highest BCUT2D eigenvalue weighted by Gasteiger charge is 2.64. The Morgan fingerprint density at radius 3 is 2.40 bits per heavy atom. The van der Waals surface area contributed by atoms with Crippen LogP contribution in [0.3, 0.4) is 0 Å². The number of carbonyl (C=O) groups is 3. The zero-order valence-electron chi connectivity index (χ0n) is 23.0. The minimum absolute atomic E-state index is 0.0808. The molecule has 7 nitrogen and oxygen atoms in total. The number of carbonyl (C=O) groups excluding carboxylic acids is 3. The van der Waals surface area contributed by atoms with Crippen molar-refractivity contribution in [3.05, 3.63) is 88.6 Å². The highest BCUT2D eigenvalue weighted by atomic mass is 19.4. The quantitative estimate of drug-likeness (QED) is 0.361. The summed E-state index contributed by atoms with van der Waals surface area (Å²) in [5.41, 5.74) is -0.746. The molecule has 2 atom stereocenters. The maximum Gasteiger partial charge on any atom is 0.403 e. The topological polar surface area (TPSA) is 91.4 Å². The normalized spacial score (nSPS) is 20.6. The Morgan fingerprint density at radius 1 is 1.05 bits per heavy atom. The number of halogens is 5. The maximum atomic E-state index is 14.1. The lowest BCUT2D eigenvalue weighted by Crippen LogP contribution is -2.57. The second-order valence-corrected chi connectivity index (χ2v) is 11.6. The summed E-state index contributed by atoms with van der Waals surface area (Å²) in [7, 11) is 0. The Balaban J connectivity index is 1.25. The number of pyridine rings is 1. The second kappa shape index (κ2) is 10.1. The van der Waals surface area contributed by atoms with E-state index in [1.807, 2.05) is 6.07 Å². The number of nitrogens with one attached hydrogen (secondary N) is 2. The van der Waals surface area contributed by atoms with Crippen LogP contribution >= 0.6 is 0 Å². The first-order chi connectivity index (χ1) is 20.3. The van der Waals surface area contributed by atoms with Gasteiger partial charge in [-0.1, -0.05) is 18.6 Å². The number of anilines is 2. The number of fused-ring (bicyclic) bond motifs is 3. The molecule has 2 aliphatic carbocycles. The van der Waals surface area contributed by atoms with Crippen LogP contribution in [0.2, 0.25) is 0 Å². The summed E-state index contributed by atoms with van der Waals surface area (Å²) >= 11 is 0. The van der Waals surface area contributed by atoms with Crippen LogP contribution in [0.1, 0.15) is 54.5 Å². The van der Waals surface area contributed by atoms with Crippen molar-refractivity contribution in [2.75, 3.05) is 17.2 Å². The molecule has 2 heterocycles. The van der Waals surface area contributed by atoms with E-state index in [2.05, 4.69) is 15.6 Å². The number of hydrogen-bond donors (Lipinski definition) is 2. The number of hydrogen-bond acceptors (Lipinski definition) is 4. The fourth-order valence-electron chi connectivity index (χ4n) is 6.50. The molecule has 0 unspecified atom stereocenters. The van der Waals surface area contributed by atoms with Gasteiger partial charge in [-0.3, -0.25) is 14.4 Å². The van der Waals surface area contributed by atoms with Gasteiger partial charge in [-0.05, 0) is 79.6 Å². The monoisotopic (exact) mass is 598 g/mol. The van der Waals surface area contributed by atoms with Crippen molar-refractivity contribution in [3.8, 4) is 0 Å². The number of benzene rings is 2. The lowest BCUT2D eigenvalue weighted by molar-refractivity contribution is -0.249. The standard InChI is InChI=1S/C31H27F5N4O3/c1-17(19-10-21(32)13-22(33)11-19)40(28(43)30(7-3-8-30)31(34,35)36)16-25(41)38-23-6-5-18-14-29(15-20(18)12-23)24-4-2-9-37-26(24)39-27(29)42/h2,4-6,9-13,17H,3,7-8,14-16H2,1H3,(H,38,41)(H,37,39,42)/t17-,29-/m1/s1. The van der Waals surface area contributed by atoms with Crippen LogP contribution in [0.15, 0.2) is 54.7 Å². The molecule has 1 saturated carbocycles. The summed E-state index contributed by atoms with van der Waals surface area (Å²) in [6.45, 7) is 0.550. The fourth-order valence-corrected chi connectivity index (χ4v) is 6.50. The van der Waals surface area contributed by atoms with E-state index in [1.165, 1.54) is 6.92 Å². The molecular weight excluding hydrogens is 571 g/mol. The molecule has 2 aromatic carbocycles. The van der Waals surface area contributed by atoms with Crippen molar-refractivity contribution in [1.82, 2.24) is 9.88 Å². The zero-order chi connectivity index (χ0) is 30.7. The predicted octanol–water partition coefficient (Wildman–Crippen LogP) is 5.61. The molecule has 1 fully saturated rings. The summed E-state index contributed by atoms with van der Waals surface area (Å²) in [5.74, 6) is -3.68. The Labute approximate surface area is 243 Å². The second-order valence-electron chi connectivity index (χ2n) is 11.6. The van der Waals surface area contributed by atoms with Gasteiger partial charge in [-0.15, -0.1) is 0 Å². The van der Waals surface area contributed by atoms with Crippen LogP contribution in [-0.2, 0) is 32.6 Å². The van der Waals surface area contributed by atoms with Gasteiger partial charge in [0.05, 0.1) is 11.5 Å². The number of nitrogens with zero attached hydrogens (tertiary/aromatic N) is 2. The minimum atomic E-state index is -4.86.